The van der Waals surface area contributed by atoms with E-state index in [1.54, 1.807) is 6.07 Å². The summed E-state index contributed by atoms with van der Waals surface area (Å²) in [7, 11) is 0. The van der Waals surface area contributed by atoms with Crippen molar-refractivity contribution in [2.45, 2.75) is 6.18 Å². The number of pyridine rings is 1. The van der Waals surface area contributed by atoms with Crippen molar-refractivity contribution >= 4 is 28.1 Å². The number of nitrogens with one attached hydrogen (secondary N) is 1. The molecule has 2 aromatic heterocycles. The highest BCUT2D eigenvalue weighted by atomic mass is 79.9. The van der Waals surface area contributed by atoms with Gasteiger partial charge in [0, 0.05) is 22.4 Å². The van der Waals surface area contributed by atoms with Crippen LogP contribution in [0.3, 0.4) is 0 Å². The minimum absolute atomic E-state index is 0.255. The van der Waals surface area contributed by atoms with E-state index >= 15 is 0 Å². The molecule has 0 unspecified atom stereocenters. The molecule has 0 bridgehead atoms. The molecule has 3 aromatic rings. The molecule has 0 atom stereocenters. The van der Waals surface area contributed by atoms with Gasteiger partial charge in [-0.15, -0.1) is 0 Å². The number of hydrogen-bond acceptors (Lipinski definition) is 4. The van der Waals surface area contributed by atoms with Crippen LogP contribution in [0.25, 0.3) is 11.3 Å². The first-order chi connectivity index (χ1) is 12.8. The van der Waals surface area contributed by atoms with Crippen LogP contribution in [0, 0.1) is 0 Å². The van der Waals surface area contributed by atoms with E-state index in [1.165, 1.54) is 42.9 Å². The summed E-state index contributed by atoms with van der Waals surface area (Å²) in [5.41, 5.74) is 2.15. The first kappa shape index (κ1) is 18.8. The maximum atomic E-state index is 12.8. The normalized spacial score (nSPS) is 11.7. The molecule has 0 fully saturated rings. The van der Waals surface area contributed by atoms with Gasteiger partial charge in [-0.05, 0) is 46.3 Å². The maximum absolute atomic E-state index is 12.8. The van der Waals surface area contributed by atoms with Crippen LogP contribution in [-0.4, -0.2) is 17.1 Å². The van der Waals surface area contributed by atoms with Crippen LogP contribution in [0.5, 0.6) is 0 Å². The summed E-state index contributed by atoms with van der Waals surface area (Å²) in [4.78, 5) is 15.8. The highest BCUT2D eigenvalue weighted by Gasteiger charge is 2.30. The van der Waals surface area contributed by atoms with Crippen LogP contribution in [0.15, 0.2) is 68.8 Å². The van der Waals surface area contributed by atoms with Gasteiger partial charge >= 0.3 is 6.18 Å². The Kier molecular flexibility index (Phi) is 5.41. The first-order valence-corrected chi connectivity index (χ1v) is 8.33. The van der Waals surface area contributed by atoms with Crippen molar-refractivity contribution in [3.8, 4) is 11.3 Å². The monoisotopic (exact) mass is 437 g/mol. The molecular weight excluding hydrogens is 427 g/mol. The maximum Gasteiger partial charge on any atom is 0.416 e. The Labute approximate surface area is 160 Å². The summed E-state index contributed by atoms with van der Waals surface area (Å²) in [5.74, 6) is 0.0600. The lowest BCUT2D eigenvalue weighted by Gasteiger charge is -2.07. The third kappa shape index (κ3) is 4.82. The summed E-state index contributed by atoms with van der Waals surface area (Å²) in [6.45, 7) is 0. The number of alkyl halides is 3. The number of rotatable bonds is 4. The topological polar surface area (TPSA) is 67.5 Å². The summed E-state index contributed by atoms with van der Waals surface area (Å²) < 4.78 is 44.5. The second-order valence-electron chi connectivity index (χ2n) is 5.37. The number of halogens is 4. The number of furan rings is 1. The quantitative estimate of drug-likeness (QED) is 0.466. The van der Waals surface area contributed by atoms with Crippen LogP contribution in [0.1, 0.15) is 21.7 Å². The van der Waals surface area contributed by atoms with Crippen LogP contribution in [0.2, 0.25) is 0 Å². The van der Waals surface area contributed by atoms with Gasteiger partial charge in [0.2, 0.25) is 0 Å². The number of nitrogens with zero attached hydrogens (tertiary/aromatic N) is 2. The van der Waals surface area contributed by atoms with Gasteiger partial charge < -0.3 is 4.42 Å². The highest BCUT2D eigenvalue weighted by Crippen LogP contribution is 2.32. The van der Waals surface area contributed by atoms with E-state index in [0.717, 1.165) is 12.1 Å². The number of aromatic nitrogens is 1. The zero-order valence-corrected chi connectivity index (χ0v) is 15.1. The van der Waals surface area contributed by atoms with E-state index in [9.17, 15) is 18.0 Å². The molecule has 3 rings (SSSR count). The minimum atomic E-state index is -4.43. The Hall–Kier alpha value is -2.94. The number of amides is 1. The van der Waals surface area contributed by atoms with E-state index in [1.807, 2.05) is 0 Å². The molecule has 27 heavy (non-hydrogen) atoms. The van der Waals surface area contributed by atoms with Gasteiger partial charge in [-0.3, -0.25) is 9.78 Å². The van der Waals surface area contributed by atoms with Crippen molar-refractivity contribution in [1.82, 2.24) is 10.4 Å². The summed E-state index contributed by atoms with van der Waals surface area (Å²) in [5, 5.41) is 3.77. The van der Waals surface area contributed by atoms with Gasteiger partial charge in [0.05, 0.1) is 17.3 Å². The van der Waals surface area contributed by atoms with Gasteiger partial charge in [-0.1, -0.05) is 12.1 Å². The van der Waals surface area contributed by atoms with Gasteiger partial charge in [-0.25, -0.2) is 5.43 Å². The van der Waals surface area contributed by atoms with Crippen LogP contribution < -0.4 is 5.43 Å². The molecule has 138 valence electrons. The minimum Gasteiger partial charge on any atom is -0.455 e. The van der Waals surface area contributed by atoms with E-state index in [-0.39, 0.29) is 17.1 Å². The Morgan fingerprint density at radius 3 is 2.74 bits per heavy atom. The number of carbonyl (C=O) groups excluding carboxylic acids is 1. The predicted molar refractivity (Wildman–Crippen MR) is 96.1 cm³/mol. The lowest BCUT2D eigenvalue weighted by atomic mass is 10.1. The number of carbonyl (C=O) groups is 1. The van der Waals surface area contributed by atoms with Gasteiger partial charge in [-0.2, -0.15) is 18.3 Å². The summed E-state index contributed by atoms with van der Waals surface area (Å²) in [6, 6.07) is 9.44. The SMILES string of the molecule is O=C(NN=Cc1ccc(-c2cccc(C(F)(F)F)c2)o1)c1cncc(Br)c1. The van der Waals surface area contributed by atoms with Crippen molar-refractivity contribution < 1.29 is 22.4 Å². The Bertz CT molecular complexity index is 999. The third-order valence-corrected chi connectivity index (χ3v) is 3.86. The van der Waals surface area contributed by atoms with Gasteiger partial charge in [0.25, 0.3) is 5.91 Å². The summed E-state index contributed by atoms with van der Waals surface area (Å²) in [6.07, 6.45) is -0.259. The molecule has 0 aliphatic rings. The number of hydrazone groups is 1. The van der Waals surface area contributed by atoms with Crippen molar-refractivity contribution in [3.63, 3.8) is 0 Å². The molecule has 1 N–H and O–H groups in total. The zero-order chi connectivity index (χ0) is 19.4. The highest BCUT2D eigenvalue weighted by molar-refractivity contribution is 9.10. The standard InChI is InChI=1S/C18H11BrF3N3O2/c19-14-7-12(8-23-9-14)17(26)25-24-10-15-4-5-16(27-15)11-2-1-3-13(6-11)18(20,21)22/h1-10H,(H,25,26). The zero-order valence-electron chi connectivity index (χ0n) is 13.5. The molecule has 0 spiro atoms. The largest absolute Gasteiger partial charge is 0.455 e. The molecule has 1 aromatic carbocycles. The van der Waals surface area contributed by atoms with Gasteiger partial charge in [0.1, 0.15) is 11.5 Å². The molecule has 0 saturated carbocycles. The Balaban J connectivity index is 1.69. The fourth-order valence-electron chi connectivity index (χ4n) is 2.18. The third-order valence-electron chi connectivity index (χ3n) is 3.43. The average Bonchev–Trinajstić information content (AvgIpc) is 3.10. The second kappa shape index (κ2) is 7.75. The Morgan fingerprint density at radius 1 is 1.19 bits per heavy atom. The molecule has 2 heterocycles. The van der Waals surface area contributed by atoms with E-state index in [2.05, 4.69) is 31.4 Å². The summed E-state index contributed by atoms with van der Waals surface area (Å²) >= 11 is 3.21. The van der Waals surface area contributed by atoms with Crippen molar-refractivity contribution in [3.05, 3.63) is 76.2 Å². The second-order valence-corrected chi connectivity index (χ2v) is 6.29. The smallest absolute Gasteiger partial charge is 0.416 e. The Morgan fingerprint density at radius 2 is 2.00 bits per heavy atom. The predicted octanol–water partition coefficient (Wildman–Crippen LogP) is 4.89. The van der Waals surface area contributed by atoms with Crippen molar-refractivity contribution in [2.24, 2.45) is 5.10 Å². The van der Waals surface area contributed by atoms with Crippen molar-refractivity contribution in [1.29, 1.82) is 0 Å². The molecule has 0 aliphatic carbocycles. The lowest BCUT2D eigenvalue weighted by molar-refractivity contribution is -0.137. The lowest BCUT2D eigenvalue weighted by Crippen LogP contribution is -2.17. The van der Waals surface area contributed by atoms with E-state index < -0.39 is 17.6 Å². The van der Waals surface area contributed by atoms with E-state index in [0.29, 0.717) is 10.0 Å². The fraction of sp³-hybridized carbons (Fsp3) is 0.0556. The molecule has 0 aliphatic heterocycles. The fourth-order valence-corrected chi connectivity index (χ4v) is 2.55. The molecule has 1 amide bonds. The van der Waals surface area contributed by atoms with Crippen molar-refractivity contribution in [2.75, 3.05) is 0 Å². The molecule has 5 nitrogen and oxygen atoms in total. The number of benzene rings is 1. The molecular formula is C18H11BrF3N3O2. The molecule has 0 radical (unpaired) electrons. The molecule has 0 saturated heterocycles. The van der Waals surface area contributed by atoms with Crippen LogP contribution in [-0.2, 0) is 6.18 Å². The number of hydrogen-bond donors (Lipinski definition) is 1. The first-order valence-electron chi connectivity index (χ1n) is 7.54. The average molecular weight is 438 g/mol. The van der Waals surface area contributed by atoms with Crippen LogP contribution >= 0.6 is 15.9 Å². The van der Waals surface area contributed by atoms with E-state index in [4.69, 9.17) is 4.42 Å². The van der Waals surface area contributed by atoms with Gasteiger partial charge in [0.15, 0.2) is 0 Å². The molecule has 9 heteroatoms. The van der Waals surface area contributed by atoms with Crippen LogP contribution in [0.4, 0.5) is 13.2 Å².